The summed E-state index contributed by atoms with van der Waals surface area (Å²) in [6.45, 7) is 2.83. The summed E-state index contributed by atoms with van der Waals surface area (Å²) in [4.78, 5) is 1.17. The number of ether oxygens (including phenoxy) is 1. The molecular weight excluding hydrogens is 256 g/mol. The molecule has 2 nitrogen and oxygen atoms in total. The lowest BCUT2D eigenvalue weighted by Crippen LogP contribution is -2.34. The minimum atomic E-state index is -0.239. The second kappa shape index (κ2) is 6.19. The first-order chi connectivity index (χ1) is 8.17. The van der Waals surface area contributed by atoms with Gasteiger partial charge in [-0.2, -0.15) is 0 Å². The number of aliphatic hydroxyl groups excluding tert-OH is 1. The Labute approximate surface area is 112 Å². The first-order valence-corrected chi connectivity index (χ1v) is 7.40. The van der Waals surface area contributed by atoms with Gasteiger partial charge in [0.1, 0.15) is 0 Å². The molecule has 1 aromatic heterocycles. The van der Waals surface area contributed by atoms with Crippen LogP contribution in [-0.4, -0.2) is 23.9 Å². The Bertz CT molecular complexity index is 347. The van der Waals surface area contributed by atoms with Gasteiger partial charge in [-0.1, -0.05) is 11.6 Å². The van der Waals surface area contributed by atoms with Crippen molar-refractivity contribution in [2.45, 2.75) is 44.8 Å². The molecular formula is C13H19ClO2S. The van der Waals surface area contributed by atoms with E-state index in [4.69, 9.17) is 16.3 Å². The predicted octanol–water partition coefficient (Wildman–Crippen LogP) is 3.51. The van der Waals surface area contributed by atoms with Gasteiger partial charge in [0.25, 0.3) is 0 Å². The summed E-state index contributed by atoms with van der Waals surface area (Å²) in [7, 11) is 0. The van der Waals surface area contributed by atoms with Crippen LogP contribution in [0.3, 0.4) is 0 Å². The third kappa shape index (κ3) is 3.95. The maximum atomic E-state index is 9.99. The summed E-state index contributed by atoms with van der Waals surface area (Å²) in [5.41, 5.74) is 0. The van der Waals surface area contributed by atoms with Crippen LogP contribution in [0, 0.1) is 5.92 Å². The van der Waals surface area contributed by atoms with E-state index in [9.17, 15) is 5.11 Å². The molecule has 0 aliphatic heterocycles. The predicted molar refractivity (Wildman–Crippen MR) is 71.8 cm³/mol. The number of rotatable bonds is 6. The van der Waals surface area contributed by atoms with Crippen LogP contribution in [0.25, 0.3) is 0 Å². The van der Waals surface area contributed by atoms with Crippen LogP contribution in [0.2, 0.25) is 4.34 Å². The van der Waals surface area contributed by atoms with Crippen molar-refractivity contribution >= 4 is 22.9 Å². The topological polar surface area (TPSA) is 29.5 Å². The second-order valence-corrected chi connectivity index (χ2v) is 6.51. The first-order valence-electron chi connectivity index (χ1n) is 6.21. The molecule has 4 heteroatoms. The zero-order valence-corrected chi connectivity index (χ0v) is 11.6. The number of hydrogen-bond donors (Lipinski definition) is 1. The fraction of sp³-hybridized carbons (Fsp3) is 0.692. The van der Waals surface area contributed by atoms with Crippen LogP contribution in [0.15, 0.2) is 12.1 Å². The highest BCUT2D eigenvalue weighted by Gasteiger charge is 2.30. The Balaban J connectivity index is 1.67. The molecule has 1 aromatic rings. The summed E-state index contributed by atoms with van der Waals surface area (Å²) >= 11 is 7.42. The lowest BCUT2D eigenvalue weighted by atomic mass is 9.78. The van der Waals surface area contributed by atoms with E-state index in [1.807, 2.05) is 19.1 Å². The van der Waals surface area contributed by atoms with Gasteiger partial charge >= 0.3 is 0 Å². The van der Waals surface area contributed by atoms with Gasteiger partial charge < -0.3 is 9.84 Å². The molecule has 0 bridgehead atoms. The minimum absolute atomic E-state index is 0.239. The second-order valence-electron chi connectivity index (χ2n) is 4.71. The molecule has 1 aliphatic carbocycles. The minimum Gasteiger partial charge on any atom is -0.393 e. The smallest absolute Gasteiger partial charge is 0.0931 e. The van der Waals surface area contributed by atoms with Crippen LogP contribution in [0.5, 0.6) is 0 Å². The molecule has 1 N–H and O–H groups in total. The van der Waals surface area contributed by atoms with Crippen LogP contribution >= 0.6 is 22.9 Å². The van der Waals surface area contributed by atoms with E-state index in [-0.39, 0.29) is 6.10 Å². The Morgan fingerprint density at radius 2 is 2.29 bits per heavy atom. The Morgan fingerprint density at radius 3 is 2.88 bits per heavy atom. The molecule has 1 unspecified atom stereocenters. The average Bonchev–Trinajstić information content (AvgIpc) is 2.61. The molecule has 96 valence electrons. The highest BCUT2D eigenvalue weighted by molar-refractivity contribution is 7.16. The van der Waals surface area contributed by atoms with Gasteiger partial charge in [-0.25, -0.2) is 0 Å². The quantitative estimate of drug-likeness (QED) is 0.860. The highest BCUT2D eigenvalue weighted by atomic mass is 35.5. The van der Waals surface area contributed by atoms with Gasteiger partial charge in [0.15, 0.2) is 0 Å². The summed E-state index contributed by atoms with van der Waals surface area (Å²) in [6.07, 6.45) is 4.03. The zero-order chi connectivity index (χ0) is 12.3. The molecule has 2 rings (SSSR count). The van der Waals surface area contributed by atoms with Crippen molar-refractivity contribution in [1.82, 2.24) is 0 Å². The highest BCUT2D eigenvalue weighted by Crippen LogP contribution is 2.34. The lowest BCUT2D eigenvalue weighted by molar-refractivity contribution is -0.0375. The third-order valence-corrected chi connectivity index (χ3v) is 4.52. The fourth-order valence-corrected chi connectivity index (χ4v) is 3.56. The normalized spacial score (nSPS) is 25.6. The van der Waals surface area contributed by atoms with Gasteiger partial charge in [0.05, 0.1) is 16.5 Å². The van der Waals surface area contributed by atoms with Crippen molar-refractivity contribution in [1.29, 1.82) is 0 Å². The number of hydrogen-bond acceptors (Lipinski definition) is 3. The van der Waals surface area contributed by atoms with Gasteiger partial charge in [0.2, 0.25) is 0 Å². The van der Waals surface area contributed by atoms with Crippen LogP contribution in [0.1, 0.15) is 31.1 Å². The molecule has 0 spiro atoms. The molecule has 1 aliphatic rings. The molecule has 0 amide bonds. The molecule has 1 heterocycles. The summed E-state index contributed by atoms with van der Waals surface area (Å²) in [5, 5.41) is 9.99. The monoisotopic (exact) mass is 274 g/mol. The van der Waals surface area contributed by atoms with Crippen LogP contribution in [-0.2, 0) is 11.2 Å². The van der Waals surface area contributed by atoms with Gasteiger partial charge in [0, 0.05) is 17.9 Å². The van der Waals surface area contributed by atoms with E-state index < -0.39 is 0 Å². The molecule has 0 aromatic carbocycles. The average molecular weight is 275 g/mol. The molecule has 1 fully saturated rings. The van der Waals surface area contributed by atoms with E-state index >= 15 is 0 Å². The van der Waals surface area contributed by atoms with Crippen molar-refractivity contribution in [2.75, 3.05) is 6.61 Å². The van der Waals surface area contributed by atoms with Gasteiger partial charge in [-0.05, 0) is 44.2 Å². The Kier molecular flexibility index (Phi) is 4.86. The largest absolute Gasteiger partial charge is 0.393 e. The lowest BCUT2D eigenvalue weighted by Gasteiger charge is -2.36. The number of aliphatic hydroxyl groups is 1. The van der Waals surface area contributed by atoms with Crippen molar-refractivity contribution in [3.05, 3.63) is 21.3 Å². The van der Waals surface area contributed by atoms with E-state index in [0.717, 1.165) is 36.6 Å². The van der Waals surface area contributed by atoms with Crippen LogP contribution in [0.4, 0.5) is 0 Å². The Morgan fingerprint density at radius 1 is 1.53 bits per heavy atom. The molecule has 17 heavy (non-hydrogen) atoms. The zero-order valence-electron chi connectivity index (χ0n) is 10.1. The SMILES string of the molecule is CCOC1CC(CC(O)Cc2ccc(Cl)s2)C1. The van der Waals surface area contributed by atoms with E-state index in [2.05, 4.69) is 0 Å². The maximum absolute atomic E-state index is 9.99. The standard InChI is InChI=1S/C13H19ClO2S/c1-2-16-11-6-9(7-11)5-10(15)8-12-3-4-13(14)17-12/h3-4,9-11,15H,2,5-8H2,1H3. The number of halogens is 1. The Hall–Kier alpha value is -0.0900. The first kappa shape index (κ1) is 13.3. The van der Waals surface area contributed by atoms with Crippen molar-refractivity contribution in [3.8, 4) is 0 Å². The molecule has 0 saturated heterocycles. The maximum Gasteiger partial charge on any atom is 0.0931 e. The van der Waals surface area contributed by atoms with Gasteiger partial charge in [-0.3, -0.25) is 0 Å². The summed E-state index contributed by atoms with van der Waals surface area (Å²) in [5.74, 6) is 0.636. The van der Waals surface area contributed by atoms with Crippen LogP contribution < -0.4 is 0 Å². The van der Waals surface area contributed by atoms with Crippen molar-refractivity contribution < 1.29 is 9.84 Å². The van der Waals surface area contributed by atoms with Crippen molar-refractivity contribution in [3.63, 3.8) is 0 Å². The van der Waals surface area contributed by atoms with Gasteiger partial charge in [-0.15, -0.1) is 11.3 Å². The summed E-state index contributed by atoms with van der Waals surface area (Å²) < 4.78 is 6.31. The third-order valence-electron chi connectivity index (χ3n) is 3.27. The molecule has 1 saturated carbocycles. The van der Waals surface area contributed by atoms with E-state index in [1.165, 1.54) is 4.88 Å². The van der Waals surface area contributed by atoms with E-state index in [0.29, 0.717) is 12.0 Å². The molecule has 1 atom stereocenters. The fourth-order valence-electron chi connectivity index (χ4n) is 2.40. The number of thiophene rings is 1. The van der Waals surface area contributed by atoms with Crippen molar-refractivity contribution in [2.24, 2.45) is 5.92 Å². The summed E-state index contributed by atoms with van der Waals surface area (Å²) in [6, 6.07) is 3.89. The molecule has 0 radical (unpaired) electrons. The van der Waals surface area contributed by atoms with E-state index in [1.54, 1.807) is 11.3 Å².